The van der Waals surface area contributed by atoms with E-state index >= 15 is 0 Å². The zero-order chi connectivity index (χ0) is 24.5. The van der Waals surface area contributed by atoms with Gasteiger partial charge in [0.1, 0.15) is 5.76 Å². The van der Waals surface area contributed by atoms with Crippen molar-refractivity contribution >= 4 is 22.9 Å². The maximum atomic E-state index is 12.9. The van der Waals surface area contributed by atoms with E-state index in [1.54, 1.807) is 43.0 Å². The molecule has 0 atom stereocenters. The summed E-state index contributed by atoms with van der Waals surface area (Å²) in [5.41, 5.74) is 2.16. The first kappa shape index (κ1) is 22.9. The van der Waals surface area contributed by atoms with Crippen LogP contribution < -0.4 is 11.2 Å². The van der Waals surface area contributed by atoms with Crippen LogP contribution in [0.3, 0.4) is 0 Å². The van der Waals surface area contributed by atoms with Crippen molar-refractivity contribution in [3.63, 3.8) is 0 Å². The lowest BCUT2D eigenvalue weighted by atomic mass is 10.2. The van der Waals surface area contributed by atoms with Crippen molar-refractivity contribution in [3.05, 3.63) is 81.2 Å². The van der Waals surface area contributed by atoms with Gasteiger partial charge in [0.05, 0.1) is 24.7 Å². The van der Waals surface area contributed by atoms with Crippen molar-refractivity contribution in [2.45, 2.75) is 31.6 Å². The van der Waals surface area contributed by atoms with Gasteiger partial charge in [0.2, 0.25) is 0 Å². The third kappa shape index (κ3) is 4.23. The number of hydrogen-bond donors (Lipinski definition) is 0. The second kappa shape index (κ2) is 9.41. The van der Waals surface area contributed by atoms with Crippen LogP contribution in [0.25, 0.3) is 22.6 Å². The lowest BCUT2D eigenvalue weighted by Gasteiger charge is -2.11. The van der Waals surface area contributed by atoms with Gasteiger partial charge in [-0.3, -0.25) is 18.5 Å². The summed E-state index contributed by atoms with van der Waals surface area (Å²) in [5, 5.41) is 9.65. The number of aryl methyl sites for hydroxylation is 3. The maximum Gasteiger partial charge on any atom is 0.332 e. The van der Waals surface area contributed by atoms with E-state index in [0.29, 0.717) is 36.4 Å². The zero-order valence-electron chi connectivity index (χ0n) is 19.7. The van der Waals surface area contributed by atoms with Crippen molar-refractivity contribution in [2.75, 3.05) is 5.75 Å². The van der Waals surface area contributed by atoms with Crippen LogP contribution >= 0.6 is 11.8 Å². The Balaban J connectivity index is 1.37. The van der Waals surface area contributed by atoms with Gasteiger partial charge >= 0.3 is 5.69 Å². The molecule has 5 rings (SSSR count). The summed E-state index contributed by atoms with van der Waals surface area (Å²) < 4.78 is 11.9. The van der Waals surface area contributed by atoms with Gasteiger partial charge in [-0.25, -0.2) is 9.78 Å². The van der Waals surface area contributed by atoms with Gasteiger partial charge in [-0.2, -0.15) is 0 Å². The average molecular weight is 492 g/mol. The molecule has 180 valence electrons. The first-order chi connectivity index (χ1) is 17.0. The molecule has 11 heteroatoms. The highest BCUT2D eigenvalue weighted by Gasteiger charge is 2.18. The monoisotopic (exact) mass is 491 g/mol. The summed E-state index contributed by atoms with van der Waals surface area (Å²) in [5.74, 6) is 2.19. The molecule has 0 saturated heterocycles. The first-order valence-corrected chi connectivity index (χ1v) is 12.2. The minimum Gasteiger partial charge on any atom is -0.469 e. The number of imidazole rings is 1. The first-order valence-electron chi connectivity index (χ1n) is 11.2. The Morgan fingerprint density at radius 2 is 1.83 bits per heavy atom. The van der Waals surface area contributed by atoms with E-state index in [-0.39, 0.29) is 11.2 Å². The molecule has 0 N–H and O–H groups in total. The van der Waals surface area contributed by atoms with Gasteiger partial charge < -0.3 is 8.98 Å². The fourth-order valence-electron chi connectivity index (χ4n) is 4.10. The number of benzene rings is 1. The number of fused-ring (bicyclic) bond motifs is 1. The fraction of sp³-hybridized carbons (Fsp3) is 0.292. The van der Waals surface area contributed by atoms with Crippen LogP contribution in [0.5, 0.6) is 0 Å². The van der Waals surface area contributed by atoms with Crippen molar-refractivity contribution < 1.29 is 4.42 Å². The van der Waals surface area contributed by atoms with E-state index in [1.807, 2.05) is 31.2 Å². The Labute approximate surface area is 204 Å². The highest BCUT2D eigenvalue weighted by molar-refractivity contribution is 7.99. The van der Waals surface area contributed by atoms with Crippen LogP contribution in [0.15, 0.2) is 68.2 Å². The number of thioether (sulfide) groups is 1. The van der Waals surface area contributed by atoms with Crippen LogP contribution in [0, 0.1) is 6.92 Å². The normalized spacial score (nSPS) is 11.5. The Morgan fingerprint density at radius 1 is 1.03 bits per heavy atom. The number of aromatic nitrogens is 7. The molecule has 0 aliphatic rings. The van der Waals surface area contributed by atoms with E-state index in [9.17, 15) is 9.59 Å². The Morgan fingerprint density at radius 3 is 2.57 bits per heavy atom. The number of furan rings is 1. The quantitative estimate of drug-likeness (QED) is 0.243. The molecule has 0 aliphatic heterocycles. The van der Waals surface area contributed by atoms with E-state index in [2.05, 4.69) is 31.9 Å². The third-order valence-electron chi connectivity index (χ3n) is 5.96. The molecule has 0 fully saturated rings. The molecule has 0 amide bonds. The summed E-state index contributed by atoms with van der Waals surface area (Å²) in [6.45, 7) is 2.83. The van der Waals surface area contributed by atoms with Gasteiger partial charge in [-0.1, -0.05) is 42.1 Å². The molecule has 5 aromatic rings. The van der Waals surface area contributed by atoms with Crippen LogP contribution in [0.1, 0.15) is 17.7 Å². The second-order valence-electron chi connectivity index (χ2n) is 8.30. The molecular weight excluding hydrogens is 466 g/mol. The third-order valence-corrected chi connectivity index (χ3v) is 7.01. The zero-order valence-corrected chi connectivity index (χ0v) is 20.5. The standard InChI is InChI=1S/C24H25N7O3S/c1-16-18(10-12-34-16)20-26-27-23(31(20)14-17-8-5-4-6-9-17)35-13-7-11-30-22(32)19-21(25-15-28(19)2)29(3)24(30)33/h4-6,8-10,12,15H,7,11,13-14H2,1-3H3. The minimum absolute atomic E-state index is 0.306. The Hall–Kier alpha value is -3.86. The van der Waals surface area contributed by atoms with Gasteiger partial charge in [-0.05, 0) is 25.0 Å². The lowest BCUT2D eigenvalue weighted by molar-refractivity contribution is 0.534. The predicted molar refractivity (Wildman–Crippen MR) is 134 cm³/mol. The molecule has 0 radical (unpaired) electrons. The molecule has 10 nitrogen and oxygen atoms in total. The Kier molecular flexibility index (Phi) is 6.16. The van der Waals surface area contributed by atoms with Crippen LogP contribution in [-0.4, -0.2) is 39.2 Å². The van der Waals surface area contributed by atoms with Crippen molar-refractivity contribution in [2.24, 2.45) is 14.1 Å². The fourth-order valence-corrected chi connectivity index (χ4v) is 4.96. The molecule has 0 unspecified atom stereocenters. The summed E-state index contributed by atoms with van der Waals surface area (Å²) in [6, 6.07) is 12.0. The highest BCUT2D eigenvalue weighted by atomic mass is 32.2. The number of hydrogen-bond acceptors (Lipinski definition) is 7. The summed E-state index contributed by atoms with van der Waals surface area (Å²) in [7, 11) is 3.38. The van der Waals surface area contributed by atoms with Crippen LogP contribution in [0.2, 0.25) is 0 Å². The molecule has 0 bridgehead atoms. The Bertz CT molecular complexity index is 1610. The average Bonchev–Trinajstić information content (AvgIpc) is 3.56. The van der Waals surface area contributed by atoms with E-state index < -0.39 is 0 Å². The number of rotatable bonds is 8. The molecule has 1 aromatic carbocycles. The molecule has 0 aliphatic carbocycles. The van der Waals surface area contributed by atoms with E-state index in [0.717, 1.165) is 27.9 Å². The SMILES string of the molecule is Cc1occc1-c1nnc(SCCCn2c(=O)c3c(ncn3C)n(C)c2=O)n1Cc1ccccc1. The van der Waals surface area contributed by atoms with E-state index in [1.165, 1.54) is 9.13 Å². The smallest absolute Gasteiger partial charge is 0.332 e. The van der Waals surface area contributed by atoms with Gasteiger partial charge in [0, 0.05) is 26.4 Å². The number of nitrogens with zero attached hydrogens (tertiary/aromatic N) is 7. The van der Waals surface area contributed by atoms with Gasteiger partial charge in [0.25, 0.3) is 5.56 Å². The van der Waals surface area contributed by atoms with Crippen molar-refractivity contribution in [3.8, 4) is 11.4 Å². The predicted octanol–water partition coefficient (Wildman–Crippen LogP) is 2.82. The molecule has 4 heterocycles. The minimum atomic E-state index is -0.365. The molecular formula is C24H25N7O3S. The highest BCUT2D eigenvalue weighted by Crippen LogP contribution is 2.28. The van der Waals surface area contributed by atoms with E-state index in [4.69, 9.17) is 4.42 Å². The lowest BCUT2D eigenvalue weighted by Crippen LogP contribution is -2.39. The summed E-state index contributed by atoms with van der Waals surface area (Å²) in [6.07, 6.45) is 3.81. The second-order valence-corrected chi connectivity index (χ2v) is 9.36. The van der Waals surface area contributed by atoms with Gasteiger partial charge in [0.15, 0.2) is 22.1 Å². The molecule has 35 heavy (non-hydrogen) atoms. The summed E-state index contributed by atoms with van der Waals surface area (Å²) >= 11 is 1.55. The summed E-state index contributed by atoms with van der Waals surface area (Å²) in [4.78, 5) is 29.8. The van der Waals surface area contributed by atoms with Crippen molar-refractivity contribution in [1.29, 1.82) is 0 Å². The van der Waals surface area contributed by atoms with Crippen LogP contribution in [-0.2, 0) is 27.2 Å². The molecule has 0 saturated carbocycles. The maximum absolute atomic E-state index is 12.9. The largest absolute Gasteiger partial charge is 0.469 e. The molecule has 0 spiro atoms. The molecule has 4 aromatic heterocycles. The van der Waals surface area contributed by atoms with Crippen LogP contribution in [0.4, 0.5) is 0 Å². The topological polar surface area (TPSA) is 106 Å². The van der Waals surface area contributed by atoms with Crippen molar-refractivity contribution in [1.82, 2.24) is 33.4 Å². The van der Waals surface area contributed by atoms with Gasteiger partial charge in [-0.15, -0.1) is 10.2 Å².